The highest BCUT2D eigenvalue weighted by Gasteiger charge is 2.54. The second-order valence-corrected chi connectivity index (χ2v) is 10.7. The molecule has 3 aromatic rings. The molecule has 0 radical (unpaired) electrons. The smallest absolute Gasteiger partial charge is 0.338 e. The molecule has 3 aromatic carbocycles. The normalized spacial score (nSPS) is 16.9. The SMILES string of the molecule is COC(=O)C(C(=O)OC)[C@@H]1c2ccccc2[C@H](COC(=O)c2ccc(F)cc2)N1S(=O)(=O)c1ccc(C)cc1. The fraction of sp³-hybridized carbons (Fsp3) is 0.250. The van der Waals surface area contributed by atoms with E-state index in [4.69, 9.17) is 14.2 Å². The number of halogens is 1. The van der Waals surface area contributed by atoms with Gasteiger partial charge in [-0.25, -0.2) is 17.6 Å². The zero-order valence-corrected chi connectivity index (χ0v) is 22.2. The number of nitrogens with zero attached hydrogens (tertiary/aromatic N) is 1. The minimum atomic E-state index is -4.39. The summed E-state index contributed by atoms with van der Waals surface area (Å²) in [4.78, 5) is 38.4. The van der Waals surface area contributed by atoms with Crippen LogP contribution in [0.2, 0.25) is 0 Å². The van der Waals surface area contributed by atoms with Crippen LogP contribution >= 0.6 is 0 Å². The largest absolute Gasteiger partial charge is 0.468 e. The molecule has 0 fully saturated rings. The summed E-state index contributed by atoms with van der Waals surface area (Å²) in [5.41, 5.74) is 1.68. The van der Waals surface area contributed by atoms with Gasteiger partial charge in [-0.3, -0.25) is 9.59 Å². The number of methoxy groups -OCH3 is 2. The lowest BCUT2D eigenvalue weighted by Gasteiger charge is -2.32. The molecule has 0 spiro atoms. The molecule has 4 rings (SSSR count). The van der Waals surface area contributed by atoms with Gasteiger partial charge in [-0.1, -0.05) is 42.0 Å². The number of aryl methyl sites for hydroxylation is 1. The van der Waals surface area contributed by atoms with Crippen molar-refractivity contribution in [3.05, 3.63) is 101 Å². The van der Waals surface area contributed by atoms with Crippen molar-refractivity contribution in [1.29, 1.82) is 0 Å². The van der Waals surface area contributed by atoms with Gasteiger partial charge in [-0.15, -0.1) is 0 Å². The van der Waals surface area contributed by atoms with Crippen LogP contribution in [0.25, 0.3) is 0 Å². The van der Waals surface area contributed by atoms with Crippen molar-refractivity contribution in [2.45, 2.75) is 23.9 Å². The maximum Gasteiger partial charge on any atom is 0.338 e. The standard InChI is InChI=1S/C28H26FNO8S/c1-17-8-14-20(15-9-17)39(34,35)30-23(16-38-26(31)18-10-12-19(29)13-11-18)21-6-4-5-7-22(21)25(30)24(27(32)36-2)28(33)37-3/h4-15,23-25H,16H2,1-3H3/t23-,25-/m0/s1. The summed E-state index contributed by atoms with van der Waals surface area (Å²) in [6.45, 7) is 1.34. The Hall–Kier alpha value is -4.09. The number of hydrogen-bond donors (Lipinski definition) is 0. The molecule has 204 valence electrons. The third-order valence-corrected chi connectivity index (χ3v) is 8.43. The molecule has 0 bridgehead atoms. The van der Waals surface area contributed by atoms with Crippen molar-refractivity contribution in [3.8, 4) is 0 Å². The average molecular weight is 556 g/mol. The number of ether oxygens (including phenoxy) is 3. The molecule has 0 unspecified atom stereocenters. The second-order valence-electron chi connectivity index (χ2n) is 8.87. The third-order valence-electron chi connectivity index (χ3n) is 6.53. The molecule has 1 heterocycles. The topological polar surface area (TPSA) is 116 Å². The molecule has 2 atom stereocenters. The molecule has 0 amide bonds. The third kappa shape index (κ3) is 5.41. The maximum absolute atomic E-state index is 14.2. The number of esters is 3. The number of sulfonamides is 1. The van der Waals surface area contributed by atoms with Gasteiger partial charge in [-0.2, -0.15) is 4.31 Å². The minimum Gasteiger partial charge on any atom is -0.468 e. The average Bonchev–Trinajstić information content (AvgIpc) is 3.26. The fourth-order valence-corrected chi connectivity index (χ4v) is 6.39. The van der Waals surface area contributed by atoms with Gasteiger partial charge in [0, 0.05) is 0 Å². The number of fused-ring (bicyclic) bond motifs is 1. The molecule has 0 aliphatic carbocycles. The Labute approximate surface area is 225 Å². The van der Waals surface area contributed by atoms with E-state index in [0.29, 0.717) is 11.1 Å². The highest BCUT2D eigenvalue weighted by molar-refractivity contribution is 7.89. The van der Waals surface area contributed by atoms with E-state index in [1.165, 1.54) is 24.3 Å². The molecule has 1 aliphatic heterocycles. The first-order chi connectivity index (χ1) is 18.6. The first-order valence-corrected chi connectivity index (χ1v) is 13.3. The Morgan fingerprint density at radius 2 is 1.44 bits per heavy atom. The lowest BCUT2D eigenvalue weighted by molar-refractivity contribution is -0.161. The van der Waals surface area contributed by atoms with Crippen LogP contribution in [0.15, 0.2) is 77.7 Å². The van der Waals surface area contributed by atoms with Crippen molar-refractivity contribution in [1.82, 2.24) is 4.31 Å². The first kappa shape index (κ1) is 27.9. The molecule has 1 aliphatic rings. The Bertz CT molecular complexity index is 1470. The van der Waals surface area contributed by atoms with Gasteiger partial charge in [0.15, 0.2) is 5.92 Å². The number of benzene rings is 3. The zero-order chi connectivity index (χ0) is 28.3. The molecular weight excluding hydrogens is 529 g/mol. The highest BCUT2D eigenvalue weighted by atomic mass is 32.2. The predicted octanol–water partition coefficient (Wildman–Crippen LogP) is 3.74. The summed E-state index contributed by atoms with van der Waals surface area (Å²) in [5.74, 6) is -4.99. The van der Waals surface area contributed by atoms with Gasteiger partial charge in [0.1, 0.15) is 12.4 Å². The minimum absolute atomic E-state index is 0.0640. The van der Waals surface area contributed by atoms with Gasteiger partial charge < -0.3 is 14.2 Å². The van der Waals surface area contributed by atoms with Gasteiger partial charge in [0.2, 0.25) is 10.0 Å². The molecule has 0 saturated carbocycles. The van der Waals surface area contributed by atoms with Crippen LogP contribution in [0.5, 0.6) is 0 Å². The van der Waals surface area contributed by atoms with Crippen LogP contribution in [0.3, 0.4) is 0 Å². The molecular formula is C28H26FNO8S. The van der Waals surface area contributed by atoms with Crippen LogP contribution in [0, 0.1) is 18.7 Å². The van der Waals surface area contributed by atoms with E-state index in [1.807, 2.05) is 0 Å². The molecule has 0 N–H and O–H groups in total. The van der Waals surface area contributed by atoms with Gasteiger partial charge in [0.05, 0.1) is 36.8 Å². The Morgan fingerprint density at radius 3 is 2.00 bits per heavy atom. The van der Waals surface area contributed by atoms with Crippen molar-refractivity contribution in [3.63, 3.8) is 0 Å². The number of rotatable bonds is 8. The van der Waals surface area contributed by atoms with Crippen LogP contribution in [0.4, 0.5) is 4.39 Å². The van der Waals surface area contributed by atoms with E-state index >= 15 is 0 Å². The van der Waals surface area contributed by atoms with Crippen LogP contribution in [-0.4, -0.2) is 51.5 Å². The first-order valence-electron chi connectivity index (χ1n) is 11.9. The number of carbonyl (C=O) groups is 3. The highest BCUT2D eigenvalue weighted by Crippen LogP contribution is 2.49. The summed E-state index contributed by atoms with van der Waals surface area (Å²) >= 11 is 0. The number of carbonyl (C=O) groups excluding carboxylic acids is 3. The van der Waals surface area contributed by atoms with Crippen molar-refractivity contribution < 1.29 is 41.4 Å². The monoisotopic (exact) mass is 555 g/mol. The van der Waals surface area contributed by atoms with Gasteiger partial charge in [0.25, 0.3) is 0 Å². The van der Waals surface area contributed by atoms with E-state index in [0.717, 1.165) is 36.2 Å². The van der Waals surface area contributed by atoms with Crippen molar-refractivity contribution in [2.75, 3.05) is 20.8 Å². The Morgan fingerprint density at radius 1 is 0.872 bits per heavy atom. The molecule has 11 heteroatoms. The van der Waals surface area contributed by atoms with E-state index in [1.54, 1.807) is 43.3 Å². The fourth-order valence-electron chi connectivity index (χ4n) is 4.62. The molecule has 0 saturated heterocycles. The molecule has 0 aromatic heterocycles. The lowest BCUT2D eigenvalue weighted by atomic mass is 9.93. The Balaban J connectivity index is 1.84. The van der Waals surface area contributed by atoms with E-state index in [-0.39, 0.29) is 10.5 Å². The lowest BCUT2D eigenvalue weighted by Crippen LogP contribution is -2.43. The summed E-state index contributed by atoms with van der Waals surface area (Å²) in [6, 6.07) is 14.8. The number of hydrogen-bond acceptors (Lipinski definition) is 8. The van der Waals surface area contributed by atoms with Crippen molar-refractivity contribution >= 4 is 27.9 Å². The van der Waals surface area contributed by atoms with Gasteiger partial charge in [-0.05, 0) is 54.4 Å². The van der Waals surface area contributed by atoms with E-state index in [9.17, 15) is 27.2 Å². The van der Waals surface area contributed by atoms with Gasteiger partial charge >= 0.3 is 17.9 Å². The van der Waals surface area contributed by atoms with Crippen LogP contribution in [-0.2, 0) is 33.8 Å². The predicted molar refractivity (Wildman–Crippen MR) is 136 cm³/mol. The van der Waals surface area contributed by atoms with E-state index < -0.39 is 58.4 Å². The maximum atomic E-state index is 14.2. The summed E-state index contributed by atoms with van der Waals surface area (Å²) in [5, 5.41) is 0. The van der Waals surface area contributed by atoms with E-state index in [2.05, 4.69) is 0 Å². The molecule has 39 heavy (non-hydrogen) atoms. The summed E-state index contributed by atoms with van der Waals surface area (Å²) < 4.78 is 57.9. The molecule has 9 nitrogen and oxygen atoms in total. The summed E-state index contributed by atoms with van der Waals surface area (Å²) in [6.07, 6.45) is 0. The van der Waals surface area contributed by atoms with Crippen LogP contribution < -0.4 is 0 Å². The summed E-state index contributed by atoms with van der Waals surface area (Å²) in [7, 11) is -2.22. The second kappa shape index (κ2) is 11.3. The quantitative estimate of drug-likeness (QED) is 0.235. The zero-order valence-electron chi connectivity index (χ0n) is 21.4. The van der Waals surface area contributed by atoms with Crippen LogP contribution in [0.1, 0.15) is 39.1 Å². The van der Waals surface area contributed by atoms with Crippen molar-refractivity contribution in [2.24, 2.45) is 5.92 Å². The Kier molecular flexibility index (Phi) is 8.12.